The second-order valence-electron chi connectivity index (χ2n) is 7.68. The van der Waals surface area contributed by atoms with Gasteiger partial charge in [-0.2, -0.15) is 0 Å². The van der Waals surface area contributed by atoms with Gasteiger partial charge >= 0.3 is 11.9 Å². The highest BCUT2D eigenvalue weighted by Gasteiger charge is 2.58. The second kappa shape index (κ2) is 6.03. The largest absolute Gasteiger partial charge is 0.468 e. The molecule has 0 amide bonds. The van der Waals surface area contributed by atoms with Crippen molar-refractivity contribution in [1.82, 2.24) is 0 Å². The van der Waals surface area contributed by atoms with Crippen LogP contribution in [0.25, 0.3) is 0 Å². The molecule has 0 aliphatic heterocycles. The van der Waals surface area contributed by atoms with Crippen LogP contribution in [-0.2, 0) is 24.5 Å². The van der Waals surface area contributed by atoms with Gasteiger partial charge in [0.1, 0.15) is 0 Å². The van der Waals surface area contributed by atoms with Gasteiger partial charge in [0.25, 0.3) is 0 Å². The summed E-state index contributed by atoms with van der Waals surface area (Å²) in [5.41, 5.74) is 3.87. The van der Waals surface area contributed by atoms with Crippen LogP contribution in [0.5, 0.6) is 0 Å². The lowest BCUT2D eigenvalue weighted by molar-refractivity contribution is -0.168. The maximum Gasteiger partial charge on any atom is 0.323 e. The third kappa shape index (κ3) is 2.04. The Hall–Kier alpha value is -2.95. The maximum atomic E-state index is 12.6. The zero-order valence-electron chi connectivity index (χ0n) is 16.4. The Bertz CT molecular complexity index is 975. The molecule has 4 rings (SSSR count). The van der Waals surface area contributed by atoms with Gasteiger partial charge in [-0.05, 0) is 49.5 Å². The monoisotopic (exact) mass is 378 g/mol. The average molecular weight is 378 g/mol. The van der Waals surface area contributed by atoms with Crippen LogP contribution in [0.3, 0.4) is 0 Å². The number of carbonyl (C=O) groups is 3. The molecule has 0 radical (unpaired) electrons. The fourth-order valence-electron chi connectivity index (χ4n) is 5.19. The van der Waals surface area contributed by atoms with E-state index in [-0.39, 0.29) is 18.6 Å². The third-order valence-corrected chi connectivity index (χ3v) is 6.66. The smallest absolute Gasteiger partial charge is 0.323 e. The Morgan fingerprint density at radius 1 is 0.929 bits per heavy atom. The lowest BCUT2D eigenvalue weighted by Crippen LogP contribution is -2.39. The van der Waals surface area contributed by atoms with Gasteiger partial charge in [0.15, 0.2) is 11.2 Å². The van der Waals surface area contributed by atoms with Crippen molar-refractivity contribution in [2.24, 2.45) is 5.41 Å². The summed E-state index contributed by atoms with van der Waals surface area (Å²) < 4.78 is 9.92. The van der Waals surface area contributed by atoms with Crippen LogP contribution in [0, 0.1) is 5.41 Å². The summed E-state index contributed by atoms with van der Waals surface area (Å²) >= 11 is 0. The molecule has 0 heterocycles. The van der Waals surface area contributed by atoms with E-state index >= 15 is 0 Å². The molecule has 3 aliphatic carbocycles. The Labute approximate surface area is 163 Å². The van der Waals surface area contributed by atoms with E-state index < -0.39 is 22.8 Å². The number of allylic oxidation sites excluding steroid dienone is 6. The van der Waals surface area contributed by atoms with E-state index in [0.29, 0.717) is 5.56 Å². The predicted octanol–water partition coefficient (Wildman–Crippen LogP) is 3.45. The number of fused-ring (bicyclic) bond motifs is 3. The van der Waals surface area contributed by atoms with Crippen LogP contribution in [0.1, 0.15) is 42.6 Å². The first kappa shape index (κ1) is 18.4. The van der Waals surface area contributed by atoms with Crippen molar-refractivity contribution in [2.75, 3.05) is 14.2 Å². The van der Waals surface area contributed by atoms with Gasteiger partial charge in [-0.3, -0.25) is 14.4 Å². The lowest BCUT2D eigenvalue weighted by Gasteiger charge is -2.36. The average Bonchev–Trinajstić information content (AvgIpc) is 3.21. The number of carbonyl (C=O) groups excluding carboxylic acids is 3. The van der Waals surface area contributed by atoms with Crippen molar-refractivity contribution in [3.05, 3.63) is 69.8 Å². The Morgan fingerprint density at radius 2 is 1.46 bits per heavy atom. The summed E-state index contributed by atoms with van der Waals surface area (Å²) in [6, 6.07) is 7.63. The van der Waals surface area contributed by atoms with Crippen LogP contribution >= 0.6 is 0 Å². The summed E-state index contributed by atoms with van der Waals surface area (Å²) in [4.78, 5) is 37.5. The highest BCUT2D eigenvalue weighted by atomic mass is 16.5. The topological polar surface area (TPSA) is 69.7 Å². The van der Waals surface area contributed by atoms with Crippen molar-refractivity contribution in [3.8, 4) is 0 Å². The fourth-order valence-corrected chi connectivity index (χ4v) is 5.19. The minimum atomic E-state index is -1.34. The number of methoxy groups -OCH3 is 2. The number of esters is 2. The van der Waals surface area contributed by atoms with Crippen molar-refractivity contribution in [2.45, 2.75) is 32.1 Å². The van der Waals surface area contributed by atoms with Gasteiger partial charge < -0.3 is 9.47 Å². The molecule has 5 heteroatoms. The molecule has 0 aromatic heterocycles. The SMILES string of the molecule is COC(=O)C1(C(=O)OC)CC2=C(C)C3(C=CC(=O)c4ccccc43)C(C)=C2C1. The predicted molar refractivity (Wildman–Crippen MR) is 103 cm³/mol. The van der Waals surface area contributed by atoms with E-state index in [0.717, 1.165) is 27.9 Å². The Balaban J connectivity index is 1.92. The molecule has 0 unspecified atom stereocenters. The van der Waals surface area contributed by atoms with E-state index in [1.54, 1.807) is 6.08 Å². The molecular weight excluding hydrogens is 356 g/mol. The van der Waals surface area contributed by atoms with Gasteiger partial charge in [-0.15, -0.1) is 0 Å². The van der Waals surface area contributed by atoms with Crippen molar-refractivity contribution in [3.63, 3.8) is 0 Å². The molecule has 144 valence electrons. The summed E-state index contributed by atoms with van der Waals surface area (Å²) in [5.74, 6) is -1.15. The highest BCUT2D eigenvalue weighted by Crippen LogP contribution is 2.60. The standard InChI is InChI=1S/C23H22O5/c1-13-16-11-22(20(25)27-3,21(26)28-4)12-17(16)14(2)23(13)10-9-19(24)15-7-5-6-8-18(15)23/h5-10H,11-12H2,1-4H3. The number of hydrogen-bond acceptors (Lipinski definition) is 5. The van der Waals surface area contributed by atoms with Gasteiger partial charge in [-0.25, -0.2) is 0 Å². The molecule has 1 fully saturated rings. The third-order valence-electron chi connectivity index (χ3n) is 6.66. The van der Waals surface area contributed by atoms with Crippen LogP contribution in [0.2, 0.25) is 0 Å². The number of ether oxygens (including phenoxy) is 2. The zero-order valence-corrected chi connectivity index (χ0v) is 16.4. The summed E-state index contributed by atoms with van der Waals surface area (Å²) in [7, 11) is 2.58. The molecular formula is C23H22O5. The van der Waals surface area contributed by atoms with E-state index in [1.165, 1.54) is 14.2 Å². The second-order valence-corrected chi connectivity index (χ2v) is 7.68. The van der Waals surface area contributed by atoms with Crippen molar-refractivity contribution < 1.29 is 23.9 Å². The van der Waals surface area contributed by atoms with E-state index in [1.807, 2.05) is 44.2 Å². The van der Waals surface area contributed by atoms with Gasteiger partial charge in [-0.1, -0.05) is 41.5 Å². The van der Waals surface area contributed by atoms with Crippen LogP contribution < -0.4 is 0 Å². The van der Waals surface area contributed by atoms with Gasteiger partial charge in [0.05, 0.1) is 19.6 Å². The van der Waals surface area contributed by atoms with Gasteiger partial charge in [0.2, 0.25) is 0 Å². The minimum absolute atomic E-state index is 0.00708. The molecule has 0 N–H and O–H groups in total. The first-order valence-corrected chi connectivity index (χ1v) is 9.24. The fraction of sp³-hybridized carbons (Fsp3) is 0.348. The van der Waals surface area contributed by atoms with E-state index in [2.05, 4.69) is 0 Å². The zero-order chi connectivity index (χ0) is 20.3. The normalized spacial score (nSPS) is 21.1. The molecule has 1 aromatic rings. The molecule has 1 spiro atoms. The summed E-state index contributed by atoms with van der Waals surface area (Å²) in [5, 5.41) is 0. The number of ketones is 1. The first-order chi connectivity index (χ1) is 13.3. The first-order valence-electron chi connectivity index (χ1n) is 9.24. The molecule has 0 saturated heterocycles. The molecule has 0 bridgehead atoms. The molecule has 0 atom stereocenters. The van der Waals surface area contributed by atoms with Gasteiger partial charge in [0, 0.05) is 5.56 Å². The molecule has 3 aliphatic rings. The van der Waals surface area contributed by atoms with Crippen molar-refractivity contribution in [1.29, 1.82) is 0 Å². The summed E-state index contributed by atoms with van der Waals surface area (Å²) in [6.45, 7) is 4.04. The minimum Gasteiger partial charge on any atom is -0.468 e. The molecule has 5 nitrogen and oxygen atoms in total. The summed E-state index contributed by atoms with van der Waals surface area (Å²) in [6.07, 6.45) is 4.08. The van der Waals surface area contributed by atoms with Crippen LogP contribution in [0.15, 0.2) is 58.7 Å². The van der Waals surface area contributed by atoms with E-state index in [9.17, 15) is 14.4 Å². The van der Waals surface area contributed by atoms with Crippen LogP contribution in [0.4, 0.5) is 0 Å². The number of benzene rings is 1. The number of rotatable bonds is 2. The quantitative estimate of drug-likeness (QED) is 0.582. The molecule has 1 aromatic carbocycles. The number of hydrogen-bond donors (Lipinski definition) is 0. The Kier molecular flexibility index (Phi) is 3.96. The highest BCUT2D eigenvalue weighted by molar-refractivity contribution is 6.08. The molecule has 1 saturated carbocycles. The Morgan fingerprint density at radius 3 is 2.00 bits per heavy atom. The van der Waals surface area contributed by atoms with Crippen molar-refractivity contribution >= 4 is 17.7 Å². The lowest BCUT2D eigenvalue weighted by atomic mass is 9.66. The van der Waals surface area contributed by atoms with E-state index in [4.69, 9.17) is 9.47 Å². The van der Waals surface area contributed by atoms with Crippen LogP contribution in [-0.4, -0.2) is 31.9 Å². The maximum absolute atomic E-state index is 12.6. The molecule has 28 heavy (non-hydrogen) atoms.